The first-order valence-corrected chi connectivity index (χ1v) is 7.59. The highest BCUT2D eigenvalue weighted by Crippen LogP contribution is 2.22. The summed E-state index contributed by atoms with van der Waals surface area (Å²) in [7, 11) is 1.32. The molecule has 134 valence electrons. The van der Waals surface area contributed by atoms with Crippen LogP contribution in [0.4, 0.5) is 8.78 Å². The van der Waals surface area contributed by atoms with Gasteiger partial charge in [0.1, 0.15) is 5.75 Å². The van der Waals surface area contributed by atoms with Crippen LogP contribution >= 0.6 is 0 Å². The maximum atomic E-state index is 12.5. The lowest BCUT2D eigenvalue weighted by atomic mass is 10.1. The van der Waals surface area contributed by atoms with Gasteiger partial charge in [0.15, 0.2) is 5.96 Å². The zero-order valence-electron chi connectivity index (χ0n) is 14.1. The molecule has 0 spiro atoms. The number of nitrogens with zero attached hydrogens (tertiary/aromatic N) is 1. The number of benzene rings is 1. The molecule has 0 bridgehead atoms. The summed E-state index contributed by atoms with van der Waals surface area (Å²) in [6.07, 6.45) is 0.200. The molecule has 0 aliphatic heterocycles. The number of aryl methyl sites for hydroxylation is 1. The van der Waals surface area contributed by atoms with Crippen molar-refractivity contribution in [2.45, 2.75) is 33.4 Å². The van der Waals surface area contributed by atoms with Crippen LogP contribution in [0.5, 0.6) is 5.75 Å². The second-order valence-corrected chi connectivity index (χ2v) is 4.94. The standard InChI is InChI=1S/C16H23F2N3O3/c1-4-19-16(20-8-7-14(22)23-3)21-10-12-9-11(2)5-6-13(12)24-15(17)18/h5-6,9,15H,4,7-8,10H2,1-3H3,(H2,19,20,21). The largest absolute Gasteiger partial charge is 0.469 e. The van der Waals surface area contributed by atoms with Gasteiger partial charge in [-0.3, -0.25) is 4.79 Å². The maximum Gasteiger partial charge on any atom is 0.387 e. The maximum absolute atomic E-state index is 12.5. The summed E-state index contributed by atoms with van der Waals surface area (Å²) >= 11 is 0. The Labute approximate surface area is 140 Å². The molecule has 0 radical (unpaired) electrons. The molecule has 1 rings (SSSR count). The number of hydrogen-bond donors (Lipinski definition) is 2. The molecule has 0 amide bonds. The Morgan fingerprint density at radius 2 is 2.08 bits per heavy atom. The van der Waals surface area contributed by atoms with Crippen LogP contribution in [-0.2, 0) is 16.1 Å². The Kier molecular flexibility index (Phi) is 8.53. The predicted octanol–water partition coefficient (Wildman–Crippen LogP) is 2.21. The number of guanidine groups is 1. The summed E-state index contributed by atoms with van der Waals surface area (Å²) in [4.78, 5) is 15.4. The van der Waals surface area contributed by atoms with E-state index in [0.717, 1.165) is 5.56 Å². The van der Waals surface area contributed by atoms with Crippen LogP contribution < -0.4 is 15.4 Å². The highest BCUT2D eigenvalue weighted by Gasteiger charge is 2.10. The molecule has 8 heteroatoms. The third-order valence-corrected chi connectivity index (χ3v) is 3.03. The minimum Gasteiger partial charge on any atom is -0.469 e. The number of hydrogen-bond acceptors (Lipinski definition) is 4. The molecule has 1 aromatic carbocycles. The van der Waals surface area contributed by atoms with E-state index in [2.05, 4.69) is 25.1 Å². The molecular weight excluding hydrogens is 320 g/mol. The van der Waals surface area contributed by atoms with Gasteiger partial charge in [0.2, 0.25) is 0 Å². The van der Waals surface area contributed by atoms with Crippen LogP contribution in [0.15, 0.2) is 23.2 Å². The van der Waals surface area contributed by atoms with Gasteiger partial charge in [-0.2, -0.15) is 8.78 Å². The van der Waals surface area contributed by atoms with Crippen LogP contribution in [0.2, 0.25) is 0 Å². The van der Waals surface area contributed by atoms with Gasteiger partial charge >= 0.3 is 12.6 Å². The Balaban J connectivity index is 2.77. The molecule has 0 saturated heterocycles. The number of carbonyl (C=O) groups is 1. The first-order chi connectivity index (χ1) is 11.5. The van der Waals surface area contributed by atoms with Crippen molar-refractivity contribution in [1.82, 2.24) is 10.6 Å². The van der Waals surface area contributed by atoms with Crippen molar-refractivity contribution in [1.29, 1.82) is 0 Å². The number of halogens is 2. The van der Waals surface area contributed by atoms with E-state index in [-0.39, 0.29) is 24.7 Å². The van der Waals surface area contributed by atoms with E-state index in [4.69, 9.17) is 0 Å². The van der Waals surface area contributed by atoms with Crippen molar-refractivity contribution < 1.29 is 23.0 Å². The Morgan fingerprint density at radius 3 is 2.71 bits per heavy atom. The molecule has 0 aliphatic carbocycles. The fraction of sp³-hybridized carbons (Fsp3) is 0.500. The SMILES string of the molecule is CCNC(=NCc1cc(C)ccc1OC(F)F)NCCC(=O)OC. The van der Waals surface area contributed by atoms with Gasteiger partial charge in [0.05, 0.1) is 20.1 Å². The molecule has 0 fully saturated rings. The first-order valence-electron chi connectivity index (χ1n) is 7.59. The van der Waals surface area contributed by atoms with E-state index in [1.54, 1.807) is 12.1 Å². The summed E-state index contributed by atoms with van der Waals surface area (Å²) in [5.41, 5.74) is 1.48. The lowest BCUT2D eigenvalue weighted by Gasteiger charge is -2.13. The van der Waals surface area contributed by atoms with Crippen LogP contribution in [0.25, 0.3) is 0 Å². The minimum atomic E-state index is -2.89. The predicted molar refractivity (Wildman–Crippen MR) is 87.3 cm³/mol. The van der Waals surface area contributed by atoms with Gasteiger partial charge in [-0.25, -0.2) is 4.99 Å². The number of methoxy groups -OCH3 is 1. The lowest BCUT2D eigenvalue weighted by molar-refractivity contribution is -0.140. The summed E-state index contributed by atoms with van der Waals surface area (Å²) in [5, 5.41) is 6.00. The van der Waals surface area contributed by atoms with Gasteiger partial charge in [0, 0.05) is 18.7 Å². The van der Waals surface area contributed by atoms with Crippen LogP contribution in [0.3, 0.4) is 0 Å². The van der Waals surface area contributed by atoms with Crippen molar-refractivity contribution >= 4 is 11.9 Å². The Bertz CT molecular complexity index is 565. The van der Waals surface area contributed by atoms with Crippen LogP contribution in [0, 0.1) is 6.92 Å². The molecule has 2 N–H and O–H groups in total. The smallest absolute Gasteiger partial charge is 0.387 e. The van der Waals surface area contributed by atoms with Gasteiger partial charge in [-0.1, -0.05) is 17.7 Å². The van der Waals surface area contributed by atoms with E-state index in [0.29, 0.717) is 24.6 Å². The topological polar surface area (TPSA) is 72.0 Å². The highest BCUT2D eigenvalue weighted by atomic mass is 19.3. The minimum absolute atomic E-state index is 0.102. The molecule has 6 nitrogen and oxygen atoms in total. The quantitative estimate of drug-likeness (QED) is 0.430. The zero-order valence-corrected chi connectivity index (χ0v) is 14.1. The second kappa shape index (κ2) is 10.4. The number of carbonyl (C=O) groups excluding carboxylic acids is 1. The van der Waals surface area contributed by atoms with E-state index in [1.165, 1.54) is 13.2 Å². The molecule has 0 heterocycles. The molecule has 0 atom stereocenters. The summed E-state index contributed by atoms with van der Waals surface area (Å²) in [6.45, 7) is 2.01. The average Bonchev–Trinajstić information content (AvgIpc) is 2.54. The number of nitrogens with one attached hydrogen (secondary N) is 2. The number of ether oxygens (including phenoxy) is 2. The normalized spacial score (nSPS) is 11.3. The van der Waals surface area contributed by atoms with Crippen molar-refractivity contribution in [3.8, 4) is 5.75 Å². The Morgan fingerprint density at radius 1 is 1.33 bits per heavy atom. The van der Waals surface area contributed by atoms with Gasteiger partial charge in [-0.15, -0.1) is 0 Å². The molecule has 0 aliphatic rings. The zero-order chi connectivity index (χ0) is 17.9. The summed E-state index contributed by atoms with van der Waals surface area (Å²) < 4.78 is 34.0. The summed E-state index contributed by atoms with van der Waals surface area (Å²) in [6, 6.07) is 4.95. The third-order valence-electron chi connectivity index (χ3n) is 3.03. The van der Waals surface area contributed by atoms with Gasteiger partial charge < -0.3 is 20.1 Å². The van der Waals surface area contributed by atoms with Crippen molar-refractivity contribution in [2.75, 3.05) is 20.2 Å². The average molecular weight is 343 g/mol. The first kappa shape index (κ1) is 19.7. The fourth-order valence-electron chi connectivity index (χ4n) is 1.93. The number of rotatable bonds is 8. The van der Waals surface area contributed by atoms with Gasteiger partial charge in [0.25, 0.3) is 0 Å². The molecule has 1 aromatic rings. The van der Waals surface area contributed by atoms with Crippen molar-refractivity contribution in [2.24, 2.45) is 4.99 Å². The highest BCUT2D eigenvalue weighted by molar-refractivity contribution is 5.80. The fourth-order valence-corrected chi connectivity index (χ4v) is 1.93. The molecule has 0 unspecified atom stereocenters. The molecular formula is C16H23F2N3O3. The second-order valence-electron chi connectivity index (χ2n) is 4.94. The number of aliphatic imine (C=N–C) groups is 1. The number of esters is 1. The number of alkyl halides is 2. The monoisotopic (exact) mass is 343 g/mol. The lowest BCUT2D eigenvalue weighted by Crippen LogP contribution is -2.38. The van der Waals surface area contributed by atoms with Crippen LogP contribution in [-0.4, -0.2) is 38.7 Å². The van der Waals surface area contributed by atoms with Crippen molar-refractivity contribution in [3.63, 3.8) is 0 Å². The van der Waals surface area contributed by atoms with Gasteiger partial charge in [-0.05, 0) is 19.9 Å². The van der Waals surface area contributed by atoms with E-state index < -0.39 is 6.61 Å². The van der Waals surface area contributed by atoms with E-state index in [1.807, 2.05) is 13.8 Å². The third kappa shape index (κ3) is 7.26. The molecule has 24 heavy (non-hydrogen) atoms. The Hall–Kier alpha value is -2.38. The molecule has 0 aromatic heterocycles. The van der Waals surface area contributed by atoms with Crippen molar-refractivity contribution in [3.05, 3.63) is 29.3 Å². The molecule has 0 saturated carbocycles. The van der Waals surface area contributed by atoms with E-state index in [9.17, 15) is 13.6 Å². The summed E-state index contributed by atoms with van der Waals surface area (Å²) in [5.74, 6) is 0.250. The van der Waals surface area contributed by atoms with E-state index >= 15 is 0 Å². The van der Waals surface area contributed by atoms with Crippen LogP contribution in [0.1, 0.15) is 24.5 Å².